The lowest BCUT2D eigenvalue weighted by Gasteiger charge is -2.23. The lowest BCUT2D eigenvalue weighted by molar-refractivity contribution is 0.0939. The summed E-state index contributed by atoms with van der Waals surface area (Å²) in [5, 5.41) is 2.73. The third-order valence-corrected chi connectivity index (χ3v) is 5.12. The number of rotatable bonds is 3. The molecular formula is C13H18N2O4S. The number of benzene rings is 1. The zero-order valence-electron chi connectivity index (χ0n) is 11.3. The van der Waals surface area contributed by atoms with E-state index in [4.69, 9.17) is 10.5 Å². The van der Waals surface area contributed by atoms with Gasteiger partial charge in [0.2, 0.25) is 0 Å². The molecule has 6 nitrogen and oxygen atoms in total. The summed E-state index contributed by atoms with van der Waals surface area (Å²) in [4.78, 5) is 12.2. The van der Waals surface area contributed by atoms with E-state index < -0.39 is 9.84 Å². The van der Waals surface area contributed by atoms with E-state index in [9.17, 15) is 13.2 Å². The van der Waals surface area contributed by atoms with Crippen molar-refractivity contribution in [1.29, 1.82) is 0 Å². The lowest BCUT2D eigenvalue weighted by atomic mass is 10.1. The van der Waals surface area contributed by atoms with Crippen LogP contribution in [0, 0.1) is 0 Å². The summed E-state index contributed by atoms with van der Waals surface area (Å²) in [5.74, 6) is 0.340. The van der Waals surface area contributed by atoms with Crippen LogP contribution in [0.1, 0.15) is 23.2 Å². The molecule has 1 saturated heterocycles. The highest BCUT2D eigenvalue weighted by atomic mass is 32.2. The van der Waals surface area contributed by atoms with E-state index in [1.807, 2.05) is 0 Å². The SMILES string of the molecule is COc1ccc(N)c(C(=O)NC2CCCS(=O)(=O)C2)c1. The van der Waals surface area contributed by atoms with Gasteiger partial charge < -0.3 is 15.8 Å². The zero-order chi connectivity index (χ0) is 14.8. The summed E-state index contributed by atoms with van der Waals surface area (Å²) in [7, 11) is -1.55. The van der Waals surface area contributed by atoms with Gasteiger partial charge in [-0.1, -0.05) is 0 Å². The van der Waals surface area contributed by atoms with E-state index in [1.54, 1.807) is 18.2 Å². The van der Waals surface area contributed by atoms with Crippen molar-refractivity contribution in [2.24, 2.45) is 0 Å². The van der Waals surface area contributed by atoms with Gasteiger partial charge in [0.05, 0.1) is 24.2 Å². The molecule has 3 N–H and O–H groups in total. The normalized spacial score (nSPS) is 21.1. The second-order valence-corrected chi connectivity index (χ2v) is 7.11. The van der Waals surface area contributed by atoms with Gasteiger partial charge in [0.25, 0.3) is 5.91 Å². The molecule has 1 amide bonds. The number of methoxy groups -OCH3 is 1. The molecule has 1 aromatic carbocycles. The molecule has 1 fully saturated rings. The largest absolute Gasteiger partial charge is 0.497 e. The van der Waals surface area contributed by atoms with Crippen molar-refractivity contribution in [3.8, 4) is 5.75 Å². The maximum absolute atomic E-state index is 12.2. The maximum Gasteiger partial charge on any atom is 0.253 e. The van der Waals surface area contributed by atoms with Gasteiger partial charge in [-0.3, -0.25) is 4.79 Å². The zero-order valence-corrected chi connectivity index (χ0v) is 12.1. The van der Waals surface area contributed by atoms with Gasteiger partial charge in [-0.05, 0) is 31.0 Å². The molecule has 1 atom stereocenters. The monoisotopic (exact) mass is 298 g/mol. The van der Waals surface area contributed by atoms with Crippen LogP contribution in [0.4, 0.5) is 5.69 Å². The smallest absolute Gasteiger partial charge is 0.253 e. The third kappa shape index (κ3) is 3.41. The molecule has 0 bridgehead atoms. The van der Waals surface area contributed by atoms with Gasteiger partial charge in [0.1, 0.15) is 5.75 Å². The minimum atomic E-state index is -3.05. The Labute approximate surface area is 118 Å². The molecule has 0 aromatic heterocycles. The van der Waals surface area contributed by atoms with Crippen LogP contribution in [0.15, 0.2) is 18.2 Å². The quantitative estimate of drug-likeness (QED) is 0.796. The molecule has 1 aromatic rings. The van der Waals surface area contributed by atoms with Crippen molar-refractivity contribution >= 4 is 21.4 Å². The fourth-order valence-corrected chi connectivity index (χ4v) is 3.90. The van der Waals surface area contributed by atoms with E-state index in [0.717, 1.165) is 0 Å². The number of hydrogen-bond acceptors (Lipinski definition) is 5. The van der Waals surface area contributed by atoms with Crippen LogP contribution in [-0.4, -0.2) is 39.0 Å². The van der Waals surface area contributed by atoms with Crippen molar-refractivity contribution in [3.05, 3.63) is 23.8 Å². The molecule has 110 valence electrons. The van der Waals surface area contributed by atoms with Gasteiger partial charge in [0, 0.05) is 11.7 Å². The van der Waals surface area contributed by atoms with Gasteiger partial charge in [-0.2, -0.15) is 0 Å². The highest BCUT2D eigenvalue weighted by Crippen LogP contribution is 2.20. The number of nitrogens with two attached hydrogens (primary N) is 1. The Morgan fingerprint density at radius 2 is 2.20 bits per heavy atom. The Bertz CT molecular complexity index is 613. The Balaban J connectivity index is 2.12. The minimum absolute atomic E-state index is 0.0113. The Kier molecular flexibility index (Phi) is 4.17. The molecule has 7 heteroatoms. The second-order valence-electron chi connectivity index (χ2n) is 4.88. The highest BCUT2D eigenvalue weighted by molar-refractivity contribution is 7.91. The van der Waals surface area contributed by atoms with Crippen LogP contribution in [-0.2, 0) is 9.84 Å². The molecule has 0 aliphatic carbocycles. The average Bonchev–Trinajstić information content (AvgIpc) is 2.38. The second kappa shape index (κ2) is 5.70. The number of nitrogens with one attached hydrogen (secondary N) is 1. The first-order chi connectivity index (χ1) is 9.41. The number of anilines is 1. The number of sulfone groups is 1. The molecule has 2 rings (SSSR count). The predicted molar refractivity (Wildman–Crippen MR) is 76.5 cm³/mol. The summed E-state index contributed by atoms with van der Waals surface area (Å²) in [6, 6.07) is 4.44. The molecule has 1 heterocycles. The minimum Gasteiger partial charge on any atom is -0.497 e. The Morgan fingerprint density at radius 3 is 2.85 bits per heavy atom. The first-order valence-electron chi connectivity index (χ1n) is 6.36. The summed E-state index contributed by atoms with van der Waals surface area (Å²) < 4.78 is 28.2. The first-order valence-corrected chi connectivity index (χ1v) is 8.18. The van der Waals surface area contributed by atoms with E-state index in [0.29, 0.717) is 29.8 Å². The molecule has 1 aliphatic heterocycles. The number of carbonyl (C=O) groups excluding carboxylic acids is 1. The number of nitrogen functional groups attached to an aromatic ring is 1. The number of hydrogen-bond donors (Lipinski definition) is 2. The van der Waals surface area contributed by atoms with Gasteiger partial charge in [-0.15, -0.1) is 0 Å². The van der Waals surface area contributed by atoms with Crippen LogP contribution < -0.4 is 15.8 Å². The fraction of sp³-hybridized carbons (Fsp3) is 0.462. The summed E-state index contributed by atoms with van der Waals surface area (Å²) in [6.07, 6.45) is 1.23. The topological polar surface area (TPSA) is 98.5 Å². The van der Waals surface area contributed by atoms with Crippen LogP contribution in [0.5, 0.6) is 5.75 Å². The summed E-state index contributed by atoms with van der Waals surface area (Å²) >= 11 is 0. The Morgan fingerprint density at radius 1 is 1.45 bits per heavy atom. The highest BCUT2D eigenvalue weighted by Gasteiger charge is 2.26. The van der Waals surface area contributed by atoms with E-state index >= 15 is 0 Å². The number of ether oxygens (including phenoxy) is 1. The van der Waals surface area contributed by atoms with Crippen molar-refractivity contribution in [3.63, 3.8) is 0 Å². The van der Waals surface area contributed by atoms with Crippen LogP contribution >= 0.6 is 0 Å². The lowest BCUT2D eigenvalue weighted by Crippen LogP contribution is -2.43. The van der Waals surface area contributed by atoms with Crippen LogP contribution in [0.2, 0.25) is 0 Å². The van der Waals surface area contributed by atoms with E-state index in [2.05, 4.69) is 5.32 Å². The molecular weight excluding hydrogens is 280 g/mol. The van der Waals surface area contributed by atoms with Gasteiger partial charge >= 0.3 is 0 Å². The van der Waals surface area contributed by atoms with Crippen LogP contribution in [0.3, 0.4) is 0 Å². The number of amides is 1. The fourth-order valence-electron chi connectivity index (χ4n) is 2.26. The van der Waals surface area contributed by atoms with Gasteiger partial charge in [0.15, 0.2) is 9.84 Å². The standard InChI is InChI=1S/C13H18N2O4S/c1-19-10-4-5-12(14)11(7-10)13(16)15-9-3-2-6-20(17,18)8-9/h4-5,7,9H,2-3,6,8,14H2,1H3,(H,15,16). The van der Waals surface area contributed by atoms with E-state index in [1.165, 1.54) is 7.11 Å². The summed E-state index contributed by atoms with van der Waals surface area (Å²) in [6.45, 7) is 0. The average molecular weight is 298 g/mol. The van der Waals surface area contributed by atoms with Crippen molar-refractivity contribution in [2.45, 2.75) is 18.9 Å². The predicted octanol–water partition coefficient (Wildman–Crippen LogP) is 0.584. The van der Waals surface area contributed by atoms with Gasteiger partial charge in [-0.25, -0.2) is 8.42 Å². The molecule has 20 heavy (non-hydrogen) atoms. The van der Waals surface area contributed by atoms with E-state index in [-0.39, 0.29) is 23.5 Å². The van der Waals surface area contributed by atoms with Crippen LogP contribution in [0.25, 0.3) is 0 Å². The van der Waals surface area contributed by atoms with Crippen molar-refractivity contribution in [2.75, 3.05) is 24.3 Å². The molecule has 0 radical (unpaired) electrons. The maximum atomic E-state index is 12.2. The third-order valence-electron chi connectivity index (χ3n) is 3.30. The molecule has 1 aliphatic rings. The van der Waals surface area contributed by atoms with Crippen molar-refractivity contribution in [1.82, 2.24) is 5.32 Å². The molecule has 0 saturated carbocycles. The molecule has 1 unspecified atom stereocenters. The van der Waals surface area contributed by atoms with Crippen molar-refractivity contribution < 1.29 is 17.9 Å². The summed E-state index contributed by atoms with van der Waals surface area (Å²) in [5.41, 5.74) is 6.40. The number of carbonyl (C=O) groups is 1. The first kappa shape index (κ1) is 14.6. The molecule has 0 spiro atoms. The Hall–Kier alpha value is -1.76.